The van der Waals surface area contributed by atoms with Crippen LogP contribution in [-0.2, 0) is 6.18 Å². The molecule has 0 saturated carbocycles. The third-order valence-corrected chi connectivity index (χ3v) is 3.07. The van der Waals surface area contributed by atoms with Crippen LogP contribution in [0.5, 0.6) is 11.5 Å². The van der Waals surface area contributed by atoms with E-state index in [4.69, 9.17) is 15.2 Å². The van der Waals surface area contributed by atoms with Crippen LogP contribution in [0.3, 0.4) is 0 Å². The SMILES string of the molecule is COc1ccc(-c2ccc(C(F)(F)F)cc2N)cc1OC. The van der Waals surface area contributed by atoms with Crippen LogP contribution < -0.4 is 15.2 Å². The van der Waals surface area contributed by atoms with Crippen LogP contribution in [0.25, 0.3) is 11.1 Å². The van der Waals surface area contributed by atoms with E-state index in [1.54, 1.807) is 18.2 Å². The molecule has 0 heterocycles. The zero-order chi connectivity index (χ0) is 15.6. The molecule has 0 amide bonds. The van der Waals surface area contributed by atoms with Crippen molar-refractivity contribution >= 4 is 5.69 Å². The molecular formula is C15H14F3NO2. The van der Waals surface area contributed by atoms with Gasteiger partial charge in [-0.05, 0) is 29.8 Å². The fourth-order valence-corrected chi connectivity index (χ4v) is 2.01. The zero-order valence-corrected chi connectivity index (χ0v) is 11.5. The van der Waals surface area contributed by atoms with Crippen molar-refractivity contribution in [2.45, 2.75) is 6.18 Å². The summed E-state index contributed by atoms with van der Waals surface area (Å²) in [6, 6.07) is 8.32. The number of hydrogen-bond donors (Lipinski definition) is 1. The second-order valence-electron chi connectivity index (χ2n) is 4.37. The van der Waals surface area contributed by atoms with Gasteiger partial charge in [0.25, 0.3) is 0 Å². The van der Waals surface area contributed by atoms with Crippen molar-refractivity contribution in [3.8, 4) is 22.6 Å². The van der Waals surface area contributed by atoms with Gasteiger partial charge in [-0.2, -0.15) is 13.2 Å². The van der Waals surface area contributed by atoms with E-state index in [2.05, 4.69) is 0 Å². The average molecular weight is 297 g/mol. The predicted octanol–water partition coefficient (Wildman–Crippen LogP) is 3.97. The minimum atomic E-state index is -4.41. The fourth-order valence-electron chi connectivity index (χ4n) is 2.01. The van der Waals surface area contributed by atoms with Gasteiger partial charge in [-0.1, -0.05) is 12.1 Å². The van der Waals surface area contributed by atoms with E-state index in [9.17, 15) is 13.2 Å². The second-order valence-corrected chi connectivity index (χ2v) is 4.37. The smallest absolute Gasteiger partial charge is 0.416 e. The van der Waals surface area contributed by atoms with Crippen LogP contribution in [0, 0.1) is 0 Å². The van der Waals surface area contributed by atoms with E-state index in [1.165, 1.54) is 20.3 Å². The largest absolute Gasteiger partial charge is 0.493 e. The van der Waals surface area contributed by atoms with Gasteiger partial charge < -0.3 is 15.2 Å². The van der Waals surface area contributed by atoms with Crippen molar-refractivity contribution < 1.29 is 22.6 Å². The summed E-state index contributed by atoms with van der Waals surface area (Å²) in [7, 11) is 2.99. The van der Waals surface area contributed by atoms with Gasteiger partial charge >= 0.3 is 6.18 Å². The fraction of sp³-hybridized carbons (Fsp3) is 0.200. The number of halogens is 3. The summed E-state index contributed by atoms with van der Waals surface area (Å²) in [5.41, 5.74) is 6.17. The maximum atomic E-state index is 12.6. The number of anilines is 1. The highest BCUT2D eigenvalue weighted by molar-refractivity contribution is 5.78. The number of alkyl halides is 3. The number of methoxy groups -OCH3 is 2. The molecule has 0 aliphatic carbocycles. The molecule has 0 atom stereocenters. The summed E-state index contributed by atoms with van der Waals surface area (Å²) in [6.45, 7) is 0. The Labute approximate surface area is 120 Å². The minimum absolute atomic E-state index is 0.0528. The lowest BCUT2D eigenvalue weighted by atomic mass is 10.0. The van der Waals surface area contributed by atoms with Crippen LogP contribution >= 0.6 is 0 Å². The Kier molecular flexibility index (Phi) is 3.97. The molecule has 0 aliphatic rings. The molecule has 2 aromatic carbocycles. The Hall–Kier alpha value is -2.37. The van der Waals surface area contributed by atoms with Crippen molar-refractivity contribution in [2.24, 2.45) is 0 Å². The van der Waals surface area contributed by atoms with E-state index in [0.29, 0.717) is 22.6 Å². The molecule has 6 heteroatoms. The highest BCUT2D eigenvalue weighted by Crippen LogP contribution is 2.37. The van der Waals surface area contributed by atoms with Gasteiger partial charge in [0.15, 0.2) is 11.5 Å². The lowest BCUT2D eigenvalue weighted by molar-refractivity contribution is -0.137. The van der Waals surface area contributed by atoms with Crippen molar-refractivity contribution in [3.63, 3.8) is 0 Å². The van der Waals surface area contributed by atoms with Gasteiger partial charge in [-0.15, -0.1) is 0 Å². The third-order valence-electron chi connectivity index (χ3n) is 3.07. The summed E-state index contributed by atoms with van der Waals surface area (Å²) in [6.07, 6.45) is -4.41. The van der Waals surface area contributed by atoms with E-state index in [-0.39, 0.29) is 5.69 Å². The lowest BCUT2D eigenvalue weighted by Gasteiger charge is -2.13. The first-order valence-corrected chi connectivity index (χ1v) is 6.06. The molecule has 0 aromatic heterocycles. The highest BCUT2D eigenvalue weighted by Gasteiger charge is 2.30. The predicted molar refractivity (Wildman–Crippen MR) is 74.4 cm³/mol. The Morgan fingerprint density at radius 3 is 2.10 bits per heavy atom. The molecular weight excluding hydrogens is 283 g/mol. The Bertz CT molecular complexity index is 654. The normalized spacial score (nSPS) is 11.3. The molecule has 2 rings (SSSR count). The molecule has 0 unspecified atom stereocenters. The Morgan fingerprint density at radius 1 is 0.905 bits per heavy atom. The topological polar surface area (TPSA) is 44.5 Å². The minimum Gasteiger partial charge on any atom is -0.493 e. The van der Waals surface area contributed by atoms with Gasteiger partial charge in [0.2, 0.25) is 0 Å². The summed E-state index contributed by atoms with van der Waals surface area (Å²) in [5.74, 6) is 1.01. The first-order valence-electron chi connectivity index (χ1n) is 6.06. The number of rotatable bonds is 3. The molecule has 2 aromatic rings. The highest BCUT2D eigenvalue weighted by atomic mass is 19.4. The van der Waals surface area contributed by atoms with Crippen LogP contribution in [0.2, 0.25) is 0 Å². The van der Waals surface area contributed by atoms with Gasteiger partial charge in [0, 0.05) is 11.3 Å². The molecule has 0 saturated heterocycles. The van der Waals surface area contributed by atoms with E-state index >= 15 is 0 Å². The average Bonchev–Trinajstić information content (AvgIpc) is 2.45. The molecule has 0 aliphatic heterocycles. The standard InChI is InChI=1S/C15H14F3NO2/c1-20-13-6-3-9(7-14(13)21-2)11-5-4-10(8-12(11)19)15(16,17)18/h3-8H,19H2,1-2H3. The molecule has 2 N–H and O–H groups in total. The van der Waals surface area contributed by atoms with Crippen molar-refractivity contribution in [1.29, 1.82) is 0 Å². The van der Waals surface area contributed by atoms with E-state index < -0.39 is 11.7 Å². The molecule has 112 valence electrons. The van der Waals surface area contributed by atoms with Gasteiger partial charge in [-0.25, -0.2) is 0 Å². The number of nitrogens with two attached hydrogens (primary N) is 1. The first-order chi connectivity index (χ1) is 9.86. The molecule has 21 heavy (non-hydrogen) atoms. The zero-order valence-electron chi connectivity index (χ0n) is 11.5. The monoisotopic (exact) mass is 297 g/mol. The second kappa shape index (κ2) is 5.55. The Morgan fingerprint density at radius 2 is 1.57 bits per heavy atom. The van der Waals surface area contributed by atoms with Gasteiger partial charge in [-0.3, -0.25) is 0 Å². The molecule has 0 bridgehead atoms. The molecule has 3 nitrogen and oxygen atoms in total. The van der Waals surface area contributed by atoms with Crippen molar-refractivity contribution in [2.75, 3.05) is 20.0 Å². The van der Waals surface area contributed by atoms with Crippen molar-refractivity contribution in [3.05, 3.63) is 42.0 Å². The third kappa shape index (κ3) is 3.04. The maximum absolute atomic E-state index is 12.6. The van der Waals surface area contributed by atoms with Crippen LogP contribution in [0.15, 0.2) is 36.4 Å². The van der Waals surface area contributed by atoms with Crippen LogP contribution in [0.1, 0.15) is 5.56 Å². The number of ether oxygens (including phenoxy) is 2. The Balaban J connectivity index is 2.48. The summed E-state index contributed by atoms with van der Waals surface area (Å²) in [5, 5.41) is 0. The lowest BCUT2D eigenvalue weighted by Crippen LogP contribution is -2.06. The van der Waals surface area contributed by atoms with Gasteiger partial charge in [0.05, 0.1) is 19.8 Å². The van der Waals surface area contributed by atoms with Gasteiger partial charge in [0.1, 0.15) is 0 Å². The quantitative estimate of drug-likeness (QED) is 0.872. The summed E-state index contributed by atoms with van der Waals surface area (Å²) in [4.78, 5) is 0. The van der Waals surface area contributed by atoms with E-state index in [0.717, 1.165) is 12.1 Å². The van der Waals surface area contributed by atoms with E-state index in [1.807, 2.05) is 0 Å². The van der Waals surface area contributed by atoms with Crippen LogP contribution in [-0.4, -0.2) is 14.2 Å². The summed E-state index contributed by atoms with van der Waals surface area (Å²) < 4.78 is 48.2. The summed E-state index contributed by atoms with van der Waals surface area (Å²) >= 11 is 0. The van der Waals surface area contributed by atoms with Crippen LogP contribution in [0.4, 0.5) is 18.9 Å². The maximum Gasteiger partial charge on any atom is 0.416 e. The number of hydrogen-bond acceptors (Lipinski definition) is 3. The number of benzene rings is 2. The number of nitrogen functional groups attached to an aromatic ring is 1. The molecule has 0 radical (unpaired) electrons. The molecule has 0 fully saturated rings. The molecule has 0 spiro atoms. The van der Waals surface area contributed by atoms with Crippen molar-refractivity contribution in [1.82, 2.24) is 0 Å². The first kappa shape index (κ1) is 15.0.